The highest BCUT2D eigenvalue weighted by molar-refractivity contribution is 5.95. The quantitative estimate of drug-likeness (QED) is 0.765. The minimum atomic E-state index is -0.151. The fourth-order valence-electron chi connectivity index (χ4n) is 3.96. The number of nitrogens with one attached hydrogen (secondary N) is 3. The number of piperidine rings is 1. The van der Waals surface area contributed by atoms with Crippen LogP contribution in [0.25, 0.3) is 0 Å². The summed E-state index contributed by atoms with van der Waals surface area (Å²) in [6, 6.07) is 5.57. The molecule has 2 heterocycles. The number of fused-ring (bicyclic) bond motifs is 1. The van der Waals surface area contributed by atoms with Crippen molar-refractivity contribution in [3.05, 3.63) is 23.8 Å². The summed E-state index contributed by atoms with van der Waals surface area (Å²) in [6.07, 6.45) is 3.21. The minimum Gasteiger partial charge on any atom is -0.482 e. The molecular formula is C18H24ClN3O3. The summed E-state index contributed by atoms with van der Waals surface area (Å²) < 4.78 is 5.37. The summed E-state index contributed by atoms with van der Waals surface area (Å²) in [6.45, 7) is 4.06. The van der Waals surface area contributed by atoms with Gasteiger partial charge in [-0.2, -0.15) is 0 Å². The summed E-state index contributed by atoms with van der Waals surface area (Å²) in [5.41, 5.74) is 1.88. The van der Waals surface area contributed by atoms with Crippen LogP contribution in [0.5, 0.6) is 5.75 Å². The monoisotopic (exact) mass is 365 g/mol. The molecule has 1 saturated carbocycles. The van der Waals surface area contributed by atoms with Gasteiger partial charge in [0.1, 0.15) is 5.75 Å². The molecule has 2 amide bonds. The van der Waals surface area contributed by atoms with Crippen molar-refractivity contribution in [3.63, 3.8) is 0 Å². The third-order valence-electron chi connectivity index (χ3n) is 5.60. The Morgan fingerprint density at radius 1 is 1.36 bits per heavy atom. The van der Waals surface area contributed by atoms with Gasteiger partial charge in [0.2, 0.25) is 5.91 Å². The van der Waals surface area contributed by atoms with Crippen LogP contribution in [0.4, 0.5) is 5.69 Å². The van der Waals surface area contributed by atoms with Crippen molar-refractivity contribution in [1.29, 1.82) is 0 Å². The summed E-state index contributed by atoms with van der Waals surface area (Å²) in [5.74, 6) is 0.833. The van der Waals surface area contributed by atoms with Crippen LogP contribution in [-0.4, -0.2) is 31.5 Å². The summed E-state index contributed by atoms with van der Waals surface area (Å²) in [5, 5.41) is 9.30. The van der Waals surface area contributed by atoms with E-state index in [2.05, 4.69) is 16.0 Å². The summed E-state index contributed by atoms with van der Waals surface area (Å²) >= 11 is 0. The maximum atomic E-state index is 12.6. The van der Waals surface area contributed by atoms with E-state index in [0.29, 0.717) is 11.4 Å². The van der Waals surface area contributed by atoms with E-state index in [9.17, 15) is 9.59 Å². The first-order valence-corrected chi connectivity index (χ1v) is 8.65. The molecule has 0 bridgehead atoms. The van der Waals surface area contributed by atoms with Gasteiger partial charge in [0.25, 0.3) is 5.91 Å². The van der Waals surface area contributed by atoms with Crippen LogP contribution in [0.2, 0.25) is 0 Å². The number of hydrogen-bond acceptors (Lipinski definition) is 4. The second kappa shape index (κ2) is 6.84. The van der Waals surface area contributed by atoms with E-state index >= 15 is 0 Å². The highest BCUT2D eigenvalue weighted by Gasteiger charge is 2.57. The van der Waals surface area contributed by atoms with E-state index in [0.717, 1.165) is 37.9 Å². The molecule has 136 valence electrons. The lowest BCUT2D eigenvalue weighted by Crippen LogP contribution is -2.34. The molecule has 0 radical (unpaired) electrons. The average Bonchev–Trinajstić information content (AvgIpc) is 3.28. The molecule has 2 aliphatic heterocycles. The van der Waals surface area contributed by atoms with Crippen molar-refractivity contribution in [2.45, 2.75) is 32.2 Å². The van der Waals surface area contributed by atoms with Gasteiger partial charge in [-0.05, 0) is 62.4 Å². The predicted molar refractivity (Wildman–Crippen MR) is 97.0 cm³/mol. The summed E-state index contributed by atoms with van der Waals surface area (Å²) in [4.78, 5) is 24.0. The number of rotatable bonds is 3. The third kappa shape index (κ3) is 3.46. The lowest BCUT2D eigenvalue weighted by molar-refractivity contribution is -0.124. The van der Waals surface area contributed by atoms with Crippen molar-refractivity contribution in [2.24, 2.45) is 11.3 Å². The van der Waals surface area contributed by atoms with Gasteiger partial charge in [-0.25, -0.2) is 0 Å². The van der Waals surface area contributed by atoms with Gasteiger partial charge < -0.3 is 20.7 Å². The van der Waals surface area contributed by atoms with Crippen LogP contribution in [0.1, 0.15) is 37.8 Å². The lowest BCUT2D eigenvalue weighted by Gasteiger charge is -2.24. The van der Waals surface area contributed by atoms with Crippen LogP contribution in [-0.2, 0) is 9.59 Å². The van der Waals surface area contributed by atoms with Crippen molar-refractivity contribution >= 4 is 29.9 Å². The van der Waals surface area contributed by atoms with E-state index in [-0.39, 0.29) is 48.2 Å². The van der Waals surface area contributed by atoms with E-state index in [1.807, 2.05) is 25.1 Å². The molecule has 2 atom stereocenters. The first kappa shape index (κ1) is 18.0. The Kier molecular flexibility index (Phi) is 4.93. The Hall–Kier alpha value is -1.79. The van der Waals surface area contributed by atoms with Gasteiger partial charge in [-0.3, -0.25) is 9.59 Å². The van der Waals surface area contributed by atoms with Gasteiger partial charge >= 0.3 is 0 Å². The second-order valence-corrected chi connectivity index (χ2v) is 7.19. The highest BCUT2D eigenvalue weighted by atomic mass is 35.5. The highest BCUT2D eigenvalue weighted by Crippen LogP contribution is 2.58. The Bertz CT molecular complexity index is 688. The normalized spacial score (nSPS) is 24.2. The van der Waals surface area contributed by atoms with Gasteiger partial charge in [0.15, 0.2) is 6.61 Å². The average molecular weight is 366 g/mol. The molecule has 1 aliphatic carbocycles. The van der Waals surface area contributed by atoms with E-state index in [1.165, 1.54) is 0 Å². The number of anilines is 1. The molecule has 2 unspecified atom stereocenters. The van der Waals surface area contributed by atoms with Crippen molar-refractivity contribution in [2.75, 3.05) is 25.0 Å². The molecule has 4 rings (SSSR count). The topological polar surface area (TPSA) is 79.5 Å². The van der Waals surface area contributed by atoms with Crippen molar-refractivity contribution < 1.29 is 14.3 Å². The number of carbonyl (C=O) groups is 2. The summed E-state index contributed by atoms with van der Waals surface area (Å²) in [7, 11) is 0. The number of amides is 2. The Balaban J connectivity index is 0.00000182. The Morgan fingerprint density at radius 2 is 2.12 bits per heavy atom. The van der Waals surface area contributed by atoms with Crippen LogP contribution < -0.4 is 20.7 Å². The third-order valence-corrected chi connectivity index (χ3v) is 5.60. The van der Waals surface area contributed by atoms with Gasteiger partial charge in [0.05, 0.1) is 11.7 Å². The van der Waals surface area contributed by atoms with Crippen LogP contribution in [0.15, 0.2) is 18.2 Å². The first-order chi connectivity index (χ1) is 11.6. The van der Waals surface area contributed by atoms with E-state index in [4.69, 9.17) is 4.74 Å². The van der Waals surface area contributed by atoms with Crippen LogP contribution >= 0.6 is 12.4 Å². The van der Waals surface area contributed by atoms with E-state index < -0.39 is 0 Å². The zero-order valence-electron chi connectivity index (χ0n) is 14.3. The minimum absolute atomic E-state index is 0. The van der Waals surface area contributed by atoms with Gasteiger partial charge in [-0.1, -0.05) is 6.07 Å². The van der Waals surface area contributed by atoms with Crippen LogP contribution in [0.3, 0.4) is 0 Å². The largest absolute Gasteiger partial charge is 0.482 e. The molecule has 0 aromatic heterocycles. The molecule has 6 nitrogen and oxygen atoms in total. The Labute approximate surface area is 153 Å². The van der Waals surface area contributed by atoms with Gasteiger partial charge in [-0.15, -0.1) is 12.4 Å². The second-order valence-electron chi connectivity index (χ2n) is 7.19. The fraction of sp³-hybridized carbons (Fsp3) is 0.556. The molecule has 1 saturated heterocycles. The molecule has 1 spiro atoms. The zero-order valence-corrected chi connectivity index (χ0v) is 15.1. The van der Waals surface area contributed by atoms with Crippen molar-refractivity contribution in [1.82, 2.24) is 10.6 Å². The number of halogens is 1. The smallest absolute Gasteiger partial charge is 0.262 e. The number of carbonyl (C=O) groups excluding carboxylic acids is 2. The molecule has 3 aliphatic rings. The van der Waals surface area contributed by atoms with Crippen LogP contribution in [0, 0.1) is 11.3 Å². The first-order valence-electron chi connectivity index (χ1n) is 8.65. The van der Waals surface area contributed by atoms with Crippen molar-refractivity contribution in [3.8, 4) is 5.75 Å². The number of ether oxygens (including phenoxy) is 1. The molecule has 7 heteroatoms. The SMILES string of the molecule is CC(NC(=O)C1CC12CCNCC2)c1ccc2c(c1)NC(=O)CO2.Cl. The lowest BCUT2D eigenvalue weighted by atomic mass is 9.91. The van der Waals surface area contributed by atoms with Gasteiger partial charge in [0, 0.05) is 5.92 Å². The molecule has 1 aromatic carbocycles. The number of hydrogen-bond donors (Lipinski definition) is 3. The number of benzene rings is 1. The zero-order chi connectivity index (χ0) is 16.7. The standard InChI is InChI=1S/C18H23N3O3.ClH/c1-11(12-2-3-15-14(8-12)21-16(22)10-24-15)20-17(23)13-9-18(13)4-6-19-7-5-18;/h2-3,8,11,13,19H,4-7,9-10H2,1H3,(H,20,23)(H,21,22);1H. The van der Waals surface area contributed by atoms with E-state index in [1.54, 1.807) is 0 Å². The molecular weight excluding hydrogens is 342 g/mol. The molecule has 1 aromatic rings. The molecule has 25 heavy (non-hydrogen) atoms. The molecule has 3 N–H and O–H groups in total. The predicted octanol–water partition coefficient (Wildman–Crippen LogP) is 2.01. The Morgan fingerprint density at radius 3 is 2.88 bits per heavy atom. The fourth-order valence-corrected chi connectivity index (χ4v) is 3.96. The maximum absolute atomic E-state index is 12.6. The maximum Gasteiger partial charge on any atom is 0.262 e. The molecule has 2 fully saturated rings.